The molecule has 0 aromatic carbocycles. The molecule has 1 fully saturated rings. The molecule has 0 bridgehead atoms. The van der Waals surface area contributed by atoms with Gasteiger partial charge >= 0.3 is 0 Å². The van der Waals surface area contributed by atoms with Crippen LogP contribution >= 0.6 is 0 Å². The van der Waals surface area contributed by atoms with Gasteiger partial charge in [0.15, 0.2) is 5.82 Å². The molecule has 3 aromatic rings. The van der Waals surface area contributed by atoms with Crippen molar-refractivity contribution in [1.29, 1.82) is 0 Å². The van der Waals surface area contributed by atoms with E-state index >= 15 is 0 Å². The number of pyridine rings is 1. The number of aromatic nitrogens is 5. The molecule has 1 aliphatic rings. The maximum absolute atomic E-state index is 5.59. The summed E-state index contributed by atoms with van der Waals surface area (Å²) in [6.45, 7) is 13.0. The minimum absolute atomic E-state index is 0.442. The smallest absolute Gasteiger partial charge is 0.228 e. The number of nitrogens with zero attached hydrogens (tertiary/aromatic N) is 6. The molecule has 0 amide bonds. The van der Waals surface area contributed by atoms with Crippen molar-refractivity contribution in [3.05, 3.63) is 29.6 Å². The van der Waals surface area contributed by atoms with Crippen LogP contribution in [0.1, 0.15) is 38.4 Å². The van der Waals surface area contributed by atoms with Crippen LogP contribution in [0.3, 0.4) is 0 Å². The van der Waals surface area contributed by atoms with Crippen LogP contribution in [0, 0.1) is 6.92 Å². The van der Waals surface area contributed by atoms with E-state index in [1.165, 1.54) is 0 Å². The SMILES string of the molecule is CCOCCn1nc(CC)c2nc(N3CCN[C@@H](CC)C3)nc(Nc3ccc(C)cn3)c21. The predicted molar refractivity (Wildman–Crippen MR) is 128 cm³/mol. The number of rotatable bonds is 9. The van der Waals surface area contributed by atoms with Gasteiger partial charge in [0.1, 0.15) is 16.9 Å². The summed E-state index contributed by atoms with van der Waals surface area (Å²) < 4.78 is 7.56. The molecule has 0 spiro atoms. The number of nitrogens with one attached hydrogen (secondary N) is 2. The van der Waals surface area contributed by atoms with Crippen LogP contribution in [0.4, 0.5) is 17.6 Å². The topological polar surface area (TPSA) is 93.0 Å². The van der Waals surface area contributed by atoms with Gasteiger partial charge in [-0.1, -0.05) is 19.9 Å². The number of ether oxygens (including phenoxy) is 1. The first-order valence-electron chi connectivity index (χ1n) is 11.7. The van der Waals surface area contributed by atoms with E-state index in [0.29, 0.717) is 25.8 Å². The zero-order chi connectivity index (χ0) is 22.5. The molecule has 0 saturated carbocycles. The van der Waals surface area contributed by atoms with Crippen molar-refractivity contribution in [3.63, 3.8) is 0 Å². The van der Waals surface area contributed by atoms with Gasteiger partial charge in [0.2, 0.25) is 5.95 Å². The first-order chi connectivity index (χ1) is 15.6. The number of piperazine rings is 1. The van der Waals surface area contributed by atoms with Crippen LogP contribution in [0.2, 0.25) is 0 Å². The largest absolute Gasteiger partial charge is 0.380 e. The molecule has 0 aliphatic carbocycles. The summed E-state index contributed by atoms with van der Waals surface area (Å²) >= 11 is 0. The average Bonchev–Trinajstić information content (AvgIpc) is 3.18. The highest BCUT2D eigenvalue weighted by atomic mass is 16.5. The van der Waals surface area contributed by atoms with Gasteiger partial charge in [0, 0.05) is 38.5 Å². The van der Waals surface area contributed by atoms with Gasteiger partial charge in [-0.25, -0.2) is 9.97 Å². The maximum atomic E-state index is 5.59. The number of hydrogen-bond acceptors (Lipinski definition) is 8. The Labute approximate surface area is 189 Å². The second-order valence-corrected chi connectivity index (χ2v) is 8.14. The van der Waals surface area contributed by atoms with Crippen molar-refractivity contribution in [3.8, 4) is 0 Å². The Bertz CT molecular complexity index is 1030. The van der Waals surface area contributed by atoms with E-state index in [2.05, 4.69) is 34.4 Å². The number of fused-ring (bicyclic) bond motifs is 1. The Morgan fingerprint density at radius 2 is 2.09 bits per heavy atom. The Kier molecular flexibility index (Phi) is 7.16. The molecule has 1 saturated heterocycles. The van der Waals surface area contributed by atoms with Crippen molar-refractivity contribution in [2.75, 3.05) is 43.1 Å². The number of hydrogen-bond donors (Lipinski definition) is 2. The van der Waals surface area contributed by atoms with E-state index in [9.17, 15) is 0 Å². The molecular formula is C23H34N8O. The van der Waals surface area contributed by atoms with Crippen LogP contribution < -0.4 is 15.5 Å². The molecular weight excluding hydrogens is 404 g/mol. The lowest BCUT2D eigenvalue weighted by atomic mass is 10.1. The number of anilines is 3. The molecule has 0 unspecified atom stereocenters. The molecule has 1 aliphatic heterocycles. The Morgan fingerprint density at radius 3 is 2.81 bits per heavy atom. The molecule has 0 radical (unpaired) electrons. The second-order valence-electron chi connectivity index (χ2n) is 8.14. The Hall–Kier alpha value is -2.78. The molecule has 4 heterocycles. The van der Waals surface area contributed by atoms with Gasteiger partial charge in [-0.05, 0) is 38.3 Å². The fourth-order valence-corrected chi connectivity index (χ4v) is 4.00. The molecule has 4 rings (SSSR count). The van der Waals surface area contributed by atoms with E-state index in [1.807, 2.05) is 36.9 Å². The van der Waals surface area contributed by atoms with Gasteiger partial charge in [-0.15, -0.1) is 0 Å². The van der Waals surface area contributed by atoms with Crippen molar-refractivity contribution >= 4 is 28.6 Å². The van der Waals surface area contributed by atoms with E-state index in [-0.39, 0.29) is 0 Å². The van der Waals surface area contributed by atoms with Gasteiger partial charge < -0.3 is 20.3 Å². The summed E-state index contributed by atoms with van der Waals surface area (Å²) in [5.74, 6) is 2.23. The van der Waals surface area contributed by atoms with Gasteiger partial charge in [0.05, 0.1) is 18.8 Å². The predicted octanol–water partition coefficient (Wildman–Crippen LogP) is 3.06. The molecule has 3 aromatic heterocycles. The van der Waals surface area contributed by atoms with Crippen LogP contribution in [0.5, 0.6) is 0 Å². The minimum atomic E-state index is 0.442. The van der Waals surface area contributed by atoms with Crippen molar-refractivity contribution in [2.45, 2.75) is 53.1 Å². The number of aryl methyl sites for hydroxylation is 2. The zero-order valence-electron chi connectivity index (χ0n) is 19.6. The molecule has 2 N–H and O–H groups in total. The van der Waals surface area contributed by atoms with Crippen LogP contribution in [0.25, 0.3) is 11.0 Å². The second kappa shape index (κ2) is 10.2. The summed E-state index contributed by atoms with van der Waals surface area (Å²) in [6, 6.07) is 4.46. The highest BCUT2D eigenvalue weighted by molar-refractivity contribution is 5.90. The normalized spacial score (nSPS) is 16.6. The molecule has 9 heteroatoms. The van der Waals surface area contributed by atoms with Crippen LogP contribution in [-0.4, -0.2) is 63.6 Å². The molecule has 172 valence electrons. The fourth-order valence-electron chi connectivity index (χ4n) is 4.00. The summed E-state index contributed by atoms with van der Waals surface area (Å²) in [4.78, 5) is 16.8. The quantitative estimate of drug-likeness (QED) is 0.493. The Balaban J connectivity index is 1.79. The van der Waals surface area contributed by atoms with Gasteiger partial charge in [0.25, 0.3) is 0 Å². The first-order valence-corrected chi connectivity index (χ1v) is 11.7. The fraction of sp³-hybridized carbons (Fsp3) is 0.565. The monoisotopic (exact) mass is 438 g/mol. The van der Waals surface area contributed by atoms with Crippen molar-refractivity contribution < 1.29 is 4.74 Å². The lowest BCUT2D eigenvalue weighted by Crippen LogP contribution is -2.51. The van der Waals surface area contributed by atoms with Crippen molar-refractivity contribution in [1.82, 2.24) is 30.0 Å². The highest BCUT2D eigenvalue weighted by Crippen LogP contribution is 2.29. The van der Waals surface area contributed by atoms with Gasteiger partial charge in [-0.3, -0.25) is 4.68 Å². The lowest BCUT2D eigenvalue weighted by Gasteiger charge is -2.33. The molecule has 1 atom stereocenters. The third-order valence-corrected chi connectivity index (χ3v) is 5.82. The maximum Gasteiger partial charge on any atom is 0.228 e. The van der Waals surface area contributed by atoms with E-state index in [4.69, 9.17) is 19.8 Å². The summed E-state index contributed by atoms with van der Waals surface area (Å²) in [5, 5.41) is 11.9. The molecule has 32 heavy (non-hydrogen) atoms. The van der Waals surface area contributed by atoms with Crippen LogP contribution in [-0.2, 0) is 17.7 Å². The van der Waals surface area contributed by atoms with Crippen molar-refractivity contribution in [2.24, 2.45) is 0 Å². The third-order valence-electron chi connectivity index (χ3n) is 5.82. The third kappa shape index (κ3) is 4.83. The van der Waals surface area contributed by atoms with E-state index < -0.39 is 0 Å². The van der Waals surface area contributed by atoms with Gasteiger partial charge in [-0.2, -0.15) is 10.1 Å². The summed E-state index contributed by atoms with van der Waals surface area (Å²) in [5.41, 5.74) is 3.89. The Morgan fingerprint density at radius 1 is 1.22 bits per heavy atom. The molecule has 9 nitrogen and oxygen atoms in total. The van der Waals surface area contributed by atoms with Crippen LogP contribution in [0.15, 0.2) is 18.3 Å². The average molecular weight is 439 g/mol. The lowest BCUT2D eigenvalue weighted by molar-refractivity contribution is 0.137. The first kappa shape index (κ1) is 22.4. The summed E-state index contributed by atoms with van der Waals surface area (Å²) in [7, 11) is 0. The van der Waals surface area contributed by atoms with E-state index in [1.54, 1.807) is 0 Å². The zero-order valence-corrected chi connectivity index (χ0v) is 19.6. The van der Waals surface area contributed by atoms with E-state index in [0.717, 1.165) is 72.4 Å². The highest BCUT2D eigenvalue weighted by Gasteiger charge is 2.24. The standard InChI is InChI=1S/C23H34N8O/c1-5-17-15-30(11-10-24-17)23-27-20-18(6-2)29-31(12-13-32-7-3)21(20)22(28-23)26-19-9-8-16(4)14-25-19/h8-9,14,17,24H,5-7,10-13,15H2,1-4H3,(H,25,26,27,28)/t17-/m0/s1. The minimum Gasteiger partial charge on any atom is -0.380 e. The summed E-state index contributed by atoms with van der Waals surface area (Å²) in [6.07, 6.45) is 3.73.